The summed E-state index contributed by atoms with van der Waals surface area (Å²) >= 11 is 0. The molecule has 92 valence electrons. The smallest absolute Gasteiger partial charge is 0.240 e. The first kappa shape index (κ1) is 11.8. The third-order valence-electron chi connectivity index (χ3n) is 2.45. The van der Waals surface area contributed by atoms with E-state index in [1.807, 2.05) is 12.5 Å². The van der Waals surface area contributed by atoms with Crippen LogP contribution in [0.2, 0.25) is 0 Å². The Hall–Kier alpha value is -1.69. The number of rotatable bonds is 5. The van der Waals surface area contributed by atoms with E-state index in [0.29, 0.717) is 24.3 Å². The Balaban J connectivity index is 1.88. The molecule has 0 spiro atoms. The second-order valence-electron chi connectivity index (χ2n) is 4.22. The van der Waals surface area contributed by atoms with E-state index in [4.69, 9.17) is 4.52 Å². The quantitative estimate of drug-likeness (QED) is 0.849. The topological polar surface area (TPSA) is 68.8 Å². The lowest BCUT2D eigenvalue weighted by molar-refractivity contribution is 0.363. The number of hydrogen-bond acceptors (Lipinski definition) is 5. The molecule has 17 heavy (non-hydrogen) atoms. The summed E-state index contributed by atoms with van der Waals surface area (Å²) in [4.78, 5) is 8.27. The van der Waals surface area contributed by atoms with Crippen molar-refractivity contribution >= 4 is 0 Å². The molecule has 0 aliphatic rings. The third-order valence-corrected chi connectivity index (χ3v) is 2.45. The van der Waals surface area contributed by atoms with Crippen molar-refractivity contribution in [2.75, 3.05) is 0 Å². The highest BCUT2D eigenvalue weighted by atomic mass is 16.5. The highest BCUT2D eigenvalue weighted by molar-refractivity contribution is 4.99. The zero-order chi connectivity index (χ0) is 12.3. The molecule has 0 aliphatic carbocycles. The fourth-order valence-corrected chi connectivity index (χ4v) is 1.64. The Labute approximate surface area is 100 Å². The number of hydrogen-bond donors (Lipinski definition) is 1. The molecule has 0 amide bonds. The second kappa shape index (κ2) is 5.09. The Morgan fingerprint density at radius 3 is 2.88 bits per heavy atom. The van der Waals surface area contributed by atoms with Crippen LogP contribution in [0.1, 0.15) is 37.3 Å². The van der Waals surface area contributed by atoms with E-state index in [2.05, 4.69) is 38.9 Å². The maximum absolute atomic E-state index is 5.02. The van der Waals surface area contributed by atoms with Gasteiger partial charge in [-0.1, -0.05) is 5.16 Å². The normalized spacial score (nSPS) is 11.3. The largest absolute Gasteiger partial charge is 0.338 e. The van der Waals surface area contributed by atoms with Crippen LogP contribution in [-0.4, -0.2) is 19.7 Å². The minimum Gasteiger partial charge on any atom is -0.338 e. The van der Waals surface area contributed by atoms with Crippen LogP contribution in [0.4, 0.5) is 0 Å². The minimum absolute atomic E-state index is 0.417. The highest BCUT2D eigenvalue weighted by Gasteiger charge is 2.06. The van der Waals surface area contributed by atoms with E-state index in [-0.39, 0.29) is 0 Å². The fraction of sp³-hybridized carbons (Fsp3) is 0.545. The molecule has 2 heterocycles. The standard InChI is InChI=1S/C11H17N5O/c1-8(2)16-7-13-5-10(16)4-12-6-11-14-9(3)15-17-11/h5,7-8,12H,4,6H2,1-3H3. The summed E-state index contributed by atoms with van der Waals surface area (Å²) in [6.07, 6.45) is 3.71. The molecule has 2 aromatic rings. The molecular formula is C11H17N5O. The van der Waals surface area contributed by atoms with Crippen molar-refractivity contribution in [3.8, 4) is 0 Å². The zero-order valence-corrected chi connectivity index (χ0v) is 10.3. The fourth-order valence-electron chi connectivity index (χ4n) is 1.64. The van der Waals surface area contributed by atoms with Crippen LogP contribution >= 0.6 is 0 Å². The second-order valence-corrected chi connectivity index (χ2v) is 4.22. The van der Waals surface area contributed by atoms with Crippen LogP contribution in [0.5, 0.6) is 0 Å². The lowest BCUT2D eigenvalue weighted by atomic mass is 10.3. The Morgan fingerprint density at radius 1 is 1.41 bits per heavy atom. The first-order valence-electron chi connectivity index (χ1n) is 5.67. The van der Waals surface area contributed by atoms with Crippen LogP contribution in [0, 0.1) is 6.92 Å². The van der Waals surface area contributed by atoms with Crippen LogP contribution < -0.4 is 5.32 Å². The SMILES string of the molecule is Cc1noc(CNCc2cncn2C(C)C)n1. The van der Waals surface area contributed by atoms with Crippen molar-refractivity contribution < 1.29 is 4.52 Å². The number of imidazole rings is 1. The Morgan fingerprint density at radius 2 is 2.24 bits per heavy atom. The molecule has 0 aromatic carbocycles. The van der Waals surface area contributed by atoms with Crippen LogP contribution in [0.3, 0.4) is 0 Å². The summed E-state index contributed by atoms with van der Waals surface area (Å²) in [5.74, 6) is 1.27. The van der Waals surface area contributed by atoms with Crippen molar-refractivity contribution in [3.63, 3.8) is 0 Å². The molecule has 0 aliphatic heterocycles. The molecule has 2 rings (SSSR count). The molecule has 0 bridgehead atoms. The molecule has 1 N–H and O–H groups in total. The van der Waals surface area contributed by atoms with Crippen molar-refractivity contribution in [1.29, 1.82) is 0 Å². The molecule has 0 saturated heterocycles. The van der Waals surface area contributed by atoms with Gasteiger partial charge in [-0.3, -0.25) is 0 Å². The summed E-state index contributed by atoms with van der Waals surface area (Å²) in [6.45, 7) is 7.38. The predicted octanol–water partition coefficient (Wildman–Crippen LogP) is 1.45. The Bertz CT molecular complexity index is 474. The first-order chi connectivity index (χ1) is 8.16. The summed E-state index contributed by atoms with van der Waals surface area (Å²) in [5, 5.41) is 6.99. The van der Waals surface area contributed by atoms with E-state index < -0.39 is 0 Å². The van der Waals surface area contributed by atoms with E-state index in [1.165, 1.54) is 0 Å². The van der Waals surface area contributed by atoms with Gasteiger partial charge in [0.1, 0.15) is 0 Å². The Kier molecular flexibility index (Phi) is 3.53. The van der Waals surface area contributed by atoms with Crippen LogP contribution in [0.25, 0.3) is 0 Å². The van der Waals surface area contributed by atoms with E-state index >= 15 is 0 Å². The van der Waals surface area contributed by atoms with Gasteiger partial charge in [-0.05, 0) is 20.8 Å². The van der Waals surface area contributed by atoms with Crippen molar-refractivity contribution in [2.45, 2.75) is 39.9 Å². The van der Waals surface area contributed by atoms with Gasteiger partial charge in [0.25, 0.3) is 0 Å². The molecule has 0 fully saturated rings. The van der Waals surface area contributed by atoms with Crippen LogP contribution in [0.15, 0.2) is 17.0 Å². The van der Waals surface area contributed by atoms with Gasteiger partial charge in [0.2, 0.25) is 5.89 Å². The third kappa shape index (κ3) is 2.91. The number of nitrogens with one attached hydrogen (secondary N) is 1. The van der Waals surface area contributed by atoms with Crippen LogP contribution in [-0.2, 0) is 13.1 Å². The summed E-state index contributed by atoms with van der Waals surface area (Å²) in [5.41, 5.74) is 1.15. The van der Waals surface area contributed by atoms with Gasteiger partial charge in [0.05, 0.1) is 18.6 Å². The summed E-state index contributed by atoms with van der Waals surface area (Å²) < 4.78 is 7.15. The van der Waals surface area contributed by atoms with Crippen molar-refractivity contribution in [1.82, 2.24) is 25.0 Å². The first-order valence-corrected chi connectivity index (χ1v) is 5.67. The van der Waals surface area contributed by atoms with Crippen molar-refractivity contribution in [3.05, 3.63) is 29.9 Å². The molecule has 6 heteroatoms. The maximum Gasteiger partial charge on any atom is 0.240 e. The molecule has 0 saturated carbocycles. The molecular weight excluding hydrogens is 218 g/mol. The average molecular weight is 235 g/mol. The van der Waals surface area contributed by atoms with Gasteiger partial charge in [0, 0.05) is 18.8 Å². The van der Waals surface area contributed by atoms with Gasteiger partial charge in [0.15, 0.2) is 5.82 Å². The van der Waals surface area contributed by atoms with Crippen molar-refractivity contribution in [2.24, 2.45) is 0 Å². The summed E-state index contributed by atoms with van der Waals surface area (Å²) in [6, 6.07) is 0.417. The maximum atomic E-state index is 5.02. The van der Waals surface area contributed by atoms with Gasteiger partial charge >= 0.3 is 0 Å². The van der Waals surface area contributed by atoms with Gasteiger partial charge in [-0.15, -0.1) is 0 Å². The zero-order valence-electron chi connectivity index (χ0n) is 10.3. The molecule has 0 radical (unpaired) electrons. The average Bonchev–Trinajstić information content (AvgIpc) is 2.87. The van der Waals surface area contributed by atoms with E-state index in [9.17, 15) is 0 Å². The monoisotopic (exact) mass is 235 g/mol. The van der Waals surface area contributed by atoms with Gasteiger partial charge < -0.3 is 14.4 Å². The van der Waals surface area contributed by atoms with Gasteiger partial charge in [-0.25, -0.2) is 4.98 Å². The number of aromatic nitrogens is 4. The predicted molar refractivity (Wildman–Crippen MR) is 62.2 cm³/mol. The molecule has 2 aromatic heterocycles. The highest BCUT2D eigenvalue weighted by Crippen LogP contribution is 2.08. The molecule has 0 atom stereocenters. The minimum atomic E-state index is 0.417. The van der Waals surface area contributed by atoms with E-state index in [1.54, 1.807) is 6.92 Å². The molecule has 6 nitrogen and oxygen atoms in total. The number of aryl methyl sites for hydroxylation is 1. The number of nitrogens with zero attached hydrogens (tertiary/aromatic N) is 4. The lowest BCUT2D eigenvalue weighted by Crippen LogP contribution is -2.16. The lowest BCUT2D eigenvalue weighted by Gasteiger charge is -2.11. The van der Waals surface area contributed by atoms with Gasteiger partial charge in [-0.2, -0.15) is 4.98 Å². The summed E-state index contributed by atoms with van der Waals surface area (Å²) in [7, 11) is 0. The van der Waals surface area contributed by atoms with E-state index in [0.717, 1.165) is 12.2 Å². The molecule has 0 unspecified atom stereocenters.